The Balaban J connectivity index is 1.49. The van der Waals surface area contributed by atoms with Crippen molar-refractivity contribution in [2.24, 2.45) is 0 Å². The summed E-state index contributed by atoms with van der Waals surface area (Å²) in [7, 11) is 0. The summed E-state index contributed by atoms with van der Waals surface area (Å²) in [5.41, 5.74) is 4.07. The standard InChI is InChI=1S/C29H28F2N4O6/c1-16(2)34-12-20-14-40-15-22-24(28(38)33-32-23(36)10-18-8-9-19(30)11-21(18)31)26(37)27(25(29(34)39)35(20)22)41-13-17-6-4-3-5-7-17/h3-9,11,16,20H,10,12-15H2,1-2H3,(H,32,36)(H,33,38). The van der Waals surface area contributed by atoms with Crippen molar-refractivity contribution in [1.29, 1.82) is 0 Å². The van der Waals surface area contributed by atoms with E-state index in [-0.39, 0.29) is 60.2 Å². The van der Waals surface area contributed by atoms with Gasteiger partial charge in [-0.3, -0.25) is 30.0 Å². The van der Waals surface area contributed by atoms with Gasteiger partial charge in [0.05, 0.1) is 31.4 Å². The molecular formula is C29H28F2N4O6. The van der Waals surface area contributed by atoms with Gasteiger partial charge < -0.3 is 18.9 Å². The van der Waals surface area contributed by atoms with Crippen LogP contribution >= 0.6 is 0 Å². The number of rotatable bonds is 7. The Hall–Kier alpha value is -4.58. The van der Waals surface area contributed by atoms with Crippen molar-refractivity contribution < 1.29 is 32.6 Å². The zero-order chi connectivity index (χ0) is 29.3. The van der Waals surface area contributed by atoms with Crippen LogP contribution in [0.2, 0.25) is 0 Å². The van der Waals surface area contributed by atoms with Crippen LogP contribution in [0.5, 0.6) is 5.75 Å². The highest BCUT2D eigenvalue weighted by Gasteiger charge is 2.41. The summed E-state index contributed by atoms with van der Waals surface area (Å²) in [5, 5.41) is 0. The molecule has 2 aromatic carbocycles. The molecule has 41 heavy (non-hydrogen) atoms. The molecule has 1 aromatic heterocycles. The normalized spacial score (nSPS) is 15.9. The van der Waals surface area contributed by atoms with Crippen LogP contribution in [0.3, 0.4) is 0 Å². The number of ether oxygens (including phenoxy) is 2. The Labute approximate surface area is 233 Å². The molecule has 1 atom stereocenters. The van der Waals surface area contributed by atoms with Crippen molar-refractivity contribution in [2.75, 3.05) is 13.2 Å². The third-order valence-corrected chi connectivity index (χ3v) is 7.01. The highest BCUT2D eigenvalue weighted by atomic mass is 19.1. The fourth-order valence-corrected chi connectivity index (χ4v) is 5.02. The van der Waals surface area contributed by atoms with E-state index >= 15 is 0 Å². The molecule has 0 bridgehead atoms. The number of hydrogen-bond acceptors (Lipinski definition) is 6. The molecular weight excluding hydrogens is 538 g/mol. The summed E-state index contributed by atoms with van der Waals surface area (Å²) in [6, 6.07) is 11.3. The lowest BCUT2D eigenvalue weighted by atomic mass is 10.0. The van der Waals surface area contributed by atoms with Gasteiger partial charge in [0, 0.05) is 18.7 Å². The fraction of sp³-hybridized carbons (Fsp3) is 0.310. The molecule has 10 nitrogen and oxygen atoms in total. The summed E-state index contributed by atoms with van der Waals surface area (Å²) in [6.07, 6.45) is -0.488. The molecule has 0 fully saturated rings. The molecule has 214 valence electrons. The third-order valence-electron chi connectivity index (χ3n) is 7.01. The first kappa shape index (κ1) is 28.0. The molecule has 2 N–H and O–H groups in total. The molecule has 0 saturated carbocycles. The van der Waals surface area contributed by atoms with E-state index in [4.69, 9.17) is 9.47 Å². The van der Waals surface area contributed by atoms with E-state index in [0.717, 1.165) is 17.7 Å². The molecule has 3 amide bonds. The zero-order valence-electron chi connectivity index (χ0n) is 22.4. The van der Waals surface area contributed by atoms with E-state index in [1.54, 1.807) is 33.7 Å². The van der Waals surface area contributed by atoms with Gasteiger partial charge in [0.2, 0.25) is 11.3 Å². The van der Waals surface area contributed by atoms with E-state index in [1.165, 1.54) is 0 Å². The smallest absolute Gasteiger partial charge is 0.275 e. The maximum Gasteiger partial charge on any atom is 0.275 e. The van der Waals surface area contributed by atoms with Crippen molar-refractivity contribution in [3.8, 4) is 5.75 Å². The van der Waals surface area contributed by atoms with Crippen LogP contribution in [0.25, 0.3) is 0 Å². The van der Waals surface area contributed by atoms with Gasteiger partial charge >= 0.3 is 0 Å². The molecule has 12 heteroatoms. The van der Waals surface area contributed by atoms with Crippen molar-refractivity contribution in [3.63, 3.8) is 0 Å². The van der Waals surface area contributed by atoms with Crippen LogP contribution in [0.1, 0.15) is 57.6 Å². The lowest BCUT2D eigenvalue weighted by Crippen LogP contribution is -2.52. The van der Waals surface area contributed by atoms with Gasteiger partial charge in [-0.1, -0.05) is 36.4 Å². The molecule has 0 radical (unpaired) electrons. The summed E-state index contributed by atoms with van der Waals surface area (Å²) < 4.78 is 40.5. The van der Waals surface area contributed by atoms with Gasteiger partial charge in [-0.15, -0.1) is 0 Å². The zero-order valence-corrected chi connectivity index (χ0v) is 22.4. The van der Waals surface area contributed by atoms with Crippen molar-refractivity contribution in [3.05, 3.63) is 98.5 Å². The largest absolute Gasteiger partial charge is 0.483 e. The van der Waals surface area contributed by atoms with E-state index < -0.39 is 41.2 Å². The highest BCUT2D eigenvalue weighted by molar-refractivity contribution is 6.01. The topological polar surface area (TPSA) is 119 Å². The lowest BCUT2D eigenvalue weighted by molar-refractivity contribution is -0.121. The van der Waals surface area contributed by atoms with Crippen LogP contribution < -0.4 is 21.0 Å². The first-order valence-corrected chi connectivity index (χ1v) is 13.1. The minimum atomic E-state index is -0.958. The van der Waals surface area contributed by atoms with Crippen LogP contribution in [0, 0.1) is 11.6 Å². The molecule has 3 heterocycles. The van der Waals surface area contributed by atoms with Gasteiger partial charge in [-0.05, 0) is 31.0 Å². The number of amides is 3. The molecule has 0 aliphatic carbocycles. The number of nitrogens with one attached hydrogen (secondary N) is 2. The number of hydrogen-bond donors (Lipinski definition) is 2. The Morgan fingerprint density at radius 2 is 1.85 bits per heavy atom. The number of aromatic nitrogens is 1. The Morgan fingerprint density at radius 3 is 2.56 bits per heavy atom. The van der Waals surface area contributed by atoms with E-state index in [2.05, 4.69) is 10.9 Å². The predicted octanol–water partition coefficient (Wildman–Crippen LogP) is 2.64. The average molecular weight is 567 g/mol. The molecule has 2 aliphatic rings. The van der Waals surface area contributed by atoms with Crippen LogP contribution in [-0.2, 0) is 29.2 Å². The highest BCUT2D eigenvalue weighted by Crippen LogP contribution is 2.34. The van der Waals surface area contributed by atoms with E-state index in [1.807, 2.05) is 19.9 Å². The van der Waals surface area contributed by atoms with Gasteiger partial charge in [0.1, 0.15) is 23.8 Å². The number of pyridine rings is 1. The maximum absolute atomic E-state index is 14.0. The second-order valence-corrected chi connectivity index (χ2v) is 10.1. The second kappa shape index (κ2) is 11.5. The lowest BCUT2D eigenvalue weighted by Gasteiger charge is -2.42. The van der Waals surface area contributed by atoms with Gasteiger partial charge in [0.15, 0.2) is 11.4 Å². The quantitative estimate of drug-likeness (QED) is 0.425. The first-order valence-electron chi connectivity index (χ1n) is 13.1. The van der Waals surface area contributed by atoms with Crippen molar-refractivity contribution >= 4 is 17.7 Å². The van der Waals surface area contributed by atoms with E-state index in [0.29, 0.717) is 12.6 Å². The summed E-state index contributed by atoms with van der Waals surface area (Å²) in [6.45, 7) is 4.13. The minimum Gasteiger partial charge on any atom is -0.483 e. The number of carbonyl (C=O) groups is 3. The van der Waals surface area contributed by atoms with Gasteiger partial charge in [-0.25, -0.2) is 8.78 Å². The number of hydrazine groups is 1. The summed E-state index contributed by atoms with van der Waals surface area (Å²) in [4.78, 5) is 54.8. The molecule has 3 aromatic rings. The van der Waals surface area contributed by atoms with Crippen LogP contribution in [0.4, 0.5) is 8.78 Å². The van der Waals surface area contributed by atoms with Crippen LogP contribution in [0.15, 0.2) is 53.3 Å². The Morgan fingerprint density at radius 1 is 1.10 bits per heavy atom. The third kappa shape index (κ3) is 5.55. The Kier molecular flexibility index (Phi) is 7.84. The molecule has 2 aliphatic heterocycles. The average Bonchev–Trinajstić information content (AvgIpc) is 2.94. The maximum atomic E-state index is 14.0. The predicted molar refractivity (Wildman–Crippen MR) is 142 cm³/mol. The summed E-state index contributed by atoms with van der Waals surface area (Å²) in [5.74, 6) is -4.13. The van der Waals surface area contributed by atoms with Crippen LogP contribution in [-0.4, -0.2) is 46.4 Å². The van der Waals surface area contributed by atoms with Crippen molar-refractivity contribution in [2.45, 2.75) is 45.6 Å². The number of carbonyl (C=O) groups excluding carboxylic acids is 3. The second-order valence-electron chi connectivity index (χ2n) is 10.1. The molecule has 1 unspecified atom stereocenters. The molecule has 0 spiro atoms. The number of halogens is 2. The van der Waals surface area contributed by atoms with Crippen molar-refractivity contribution in [1.82, 2.24) is 20.3 Å². The van der Waals surface area contributed by atoms with E-state index in [9.17, 15) is 28.0 Å². The summed E-state index contributed by atoms with van der Waals surface area (Å²) >= 11 is 0. The Bertz CT molecular complexity index is 1570. The van der Waals surface area contributed by atoms with Gasteiger partial charge in [0.25, 0.3) is 11.8 Å². The first-order chi connectivity index (χ1) is 19.7. The molecule has 5 rings (SSSR count). The molecule has 0 saturated heterocycles. The SMILES string of the molecule is CC(C)N1CC2COCc3c(C(=O)NNC(=O)Cc4ccc(F)cc4F)c(=O)c(OCc4ccccc4)c(n32)C1=O. The monoisotopic (exact) mass is 566 g/mol. The minimum absolute atomic E-state index is 0.0282. The number of benzene rings is 2. The number of nitrogens with zero attached hydrogens (tertiary/aromatic N) is 2. The fourth-order valence-electron chi connectivity index (χ4n) is 5.02. The van der Waals surface area contributed by atoms with Gasteiger partial charge in [-0.2, -0.15) is 0 Å².